The number of rotatable bonds is 5. The first-order valence-corrected chi connectivity index (χ1v) is 7.21. The zero-order valence-electron chi connectivity index (χ0n) is 10.5. The number of hydrogen-bond donors (Lipinski definition) is 3. The number of ether oxygens (including phenoxy) is 1. The van der Waals surface area contributed by atoms with Crippen LogP contribution < -0.4 is 4.74 Å². The van der Waals surface area contributed by atoms with Gasteiger partial charge in [0.1, 0.15) is 6.10 Å². The minimum Gasteiger partial charge on any atom is -0.503 e. The van der Waals surface area contributed by atoms with Crippen molar-refractivity contribution in [3.05, 3.63) is 22.2 Å². The molecule has 5 nitrogen and oxygen atoms in total. The number of methoxy groups -OCH3 is 1. The highest BCUT2D eigenvalue weighted by Gasteiger charge is 2.23. The Hall–Kier alpha value is -0.760. The monoisotopic (exact) mass is 350 g/mol. The summed E-state index contributed by atoms with van der Waals surface area (Å²) in [7, 11) is 1.41. The number of aliphatic hydroxyl groups is 2. The number of thioether (sulfide) groups is 1. The van der Waals surface area contributed by atoms with Gasteiger partial charge in [-0.15, -0.1) is 0 Å². The first kappa shape index (κ1) is 16.3. The second-order valence-corrected chi connectivity index (χ2v) is 5.82. The molecule has 2 atom stereocenters. The molecule has 2 unspecified atom stereocenters. The van der Waals surface area contributed by atoms with Gasteiger partial charge in [-0.25, -0.2) is 0 Å². The number of benzene rings is 1. The first-order valence-electron chi connectivity index (χ1n) is 5.43. The predicted molar refractivity (Wildman–Crippen MR) is 76.5 cm³/mol. The number of phenols is 1. The van der Waals surface area contributed by atoms with Crippen LogP contribution >= 0.6 is 27.7 Å². The van der Waals surface area contributed by atoms with E-state index in [4.69, 9.17) is 4.74 Å². The van der Waals surface area contributed by atoms with Gasteiger partial charge in [-0.05, 0) is 22.0 Å². The molecule has 7 heteroatoms. The third-order valence-electron chi connectivity index (χ3n) is 2.47. The number of hydrogen-bond acceptors (Lipinski definition) is 6. The summed E-state index contributed by atoms with van der Waals surface area (Å²) >= 11 is 4.07. The van der Waals surface area contributed by atoms with Crippen molar-refractivity contribution in [2.75, 3.05) is 12.9 Å². The third kappa shape index (κ3) is 4.10. The average Bonchev–Trinajstić information content (AvgIpc) is 2.38. The van der Waals surface area contributed by atoms with E-state index in [0.717, 1.165) is 11.8 Å². The normalized spacial score (nSPS) is 13.9. The van der Waals surface area contributed by atoms with Crippen LogP contribution in [0, 0.1) is 0 Å². The Labute approximate surface area is 123 Å². The molecule has 0 aliphatic carbocycles. The predicted octanol–water partition coefficient (Wildman–Crippen LogP) is 1.84. The molecule has 19 heavy (non-hydrogen) atoms. The lowest BCUT2D eigenvalue weighted by molar-refractivity contribution is -0.109. The molecule has 1 rings (SSSR count). The van der Waals surface area contributed by atoms with E-state index in [1.54, 1.807) is 0 Å². The molecule has 3 N–H and O–H groups in total. The number of carbonyl (C=O) groups is 1. The maximum absolute atomic E-state index is 10.8. The lowest BCUT2D eigenvalue weighted by Crippen LogP contribution is -2.21. The van der Waals surface area contributed by atoms with Gasteiger partial charge in [-0.1, -0.05) is 17.8 Å². The fourth-order valence-electron chi connectivity index (χ4n) is 1.46. The Morgan fingerprint density at radius 2 is 2.11 bits per heavy atom. The Bertz CT molecular complexity index is 466. The maximum Gasteiger partial charge on any atom is 0.185 e. The van der Waals surface area contributed by atoms with E-state index in [-0.39, 0.29) is 26.8 Å². The van der Waals surface area contributed by atoms with E-state index in [2.05, 4.69) is 15.9 Å². The summed E-state index contributed by atoms with van der Waals surface area (Å²) in [5, 5.41) is 29.5. The van der Waals surface area contributed by atoms with Gasteiger partial charge in [-0.2, -0.15) is 0 Å². The maximum atomic E-state index is 10.8. The summed E-state index contributed by atoms with van der Waals surface area (Å²) in [5.74, 6) is 0.191. The number of aromatic hydroxyl groups is 1. The van der Waals surface area contributed by atoms with E-state index >= 15 is 0 Å². The van der Waals surface area contributed by atoms with Gasteiger partial charge in [0.2, 0.25) is 0 Å². The highest BCUT2D eigenvalue weighted by atomic mass is 79.9. The van der Waals surface area contributed by atoms with Gasteiger partial charge in [0.25, 0.3) is 0 Å². The van der Waals surface area contributed by atoms with Crippen LogP contribution in [0.25, 0.3) is 0 Å². The molecule has 1 aromatic carbocycles. The highest BCUT2D eigenvalue weighted by Crippen LogP contribution is 2.39. The Kier molecular flexibility index (Phi) is 6.12. The minimum atomic E-state index is -1.21. The van der Waals surface area contributed by atoms with Crippen molar-refractivity contribution in [2.45, 2.75) is 19.1 Å². The molecule has 0 bridgehead atoms. The zero-order valence-corrected chi connectivity index (χ0v) is 12.9. The van der Waals surface area contributed by atoms with Crippen molar-refractivity contribution in [3.63, 3.8) is 0 Å². The van der Waals surface area contributed by atoms with Crippen LogP contribution in [0.2, 0.25) is 0 Å². The molecular weight excluding hydrogens is 336 g/mol. The zero-order chi connectivity index (χ0) is 14.6. The largest absolute Gasteiger partial charge is 0.503 e. The van der Waals surface area contributed by atoms with Crippen LogP contribution in [-0.4, -0.2) is 39.4 Å². The summed E-state index contributed by atoms with van der Waals surface area (Å²) in [6.07, 6.45) is -2.32. The second kappa shape index (κ2) is 7.14. The SMILES string of the molecule is COc1ccc(C(O)C(O)CSC(C)=O)c(Br)c1O. The van der Waals surface area contributed by atoms with Crippen molar-refractivity contribution in [2.24, 2.45) is 0 Å². The highest BCUT2D eigenvalue weighted by molar-refractivity contribution is 9.10. The second-order valence-electron chi connectivity index (χ2n) is 3.83. The molecule has 0 radical (unpaired) electrons. The van der Waals surface area contributed by atoms with E-state index in [9.17, 15) is 20.1 Å². The third-order valence-corrected chi connectivity index (χ3v) is 4.22. The standard InChI is InChI=1S/C12H15BrO5S/c1-6(14)19-5-8(15)11(16)7-3-4-9(18-2)12(17)10(7)13/h3-4,8,11,15-17H,5H2,1-2H3. The van der Waals surface area contributed by atoms with Crippen molar-refractivity contribution < 1.29 is 24.9 Å². The Balaban J connectivity index is 2.90. The summed E-state index contributed by atoms with van der Waals surface area (Å²) in [6, 6.07) is 3.03. The fourth-order valence-corrected chi connectivity index (χ4v) is 2.61. The summed E-state index contributed by atoms with van der Waals surface area (Å²) in [5.41, 5.74) is 0.329. The molecule has 0 saturated carbocycles. The molecule has 1 aromatic rings. The van der Waals surface area contributed by atoms with Gasteiger partial charge in [-0.3, -0.25) is 4.79 Å². The lowest BCUT2D eigenvalue weighted by Gasteiger charge is -2.19. The van der Waals surface area contributed by atoms with E-state index < -0.39 is 12.2 Å². The van der Waals surface area contributed by atoms with Crippen molar-refractivity contribution in [1.82, 2.24) is 0 Å². The summed E-state index contributed by atoms with van der Waals surface area (Å²) in [6.45, 7) is 1.39. The van der Waals surface area contributed by atoms with Crippen LogP contribution in [0.3, 0.4) is 0 Å². The number of halogens is 1. The topological polar surface area (TPSA) is 87.0 Å². The molecular formula is C12H15BrO5S. The van der Waals surface area contributed by atoms with E-state index in [1.165, 1.54) is 26.2 Å². The van der Waals surface area contributed by atoms with Gasteiger partial charge in [0.05, 0.1) is 17.7 Å². The van der Waals surface area contributed by atoms with Crippen LogP contribution in [0.4, 0.5) is 0 Å². The quantitative estimate of drug-likeness (QED) is 0.750. The van der Waals surface area contributed by atoms with Gasteiger partial charge >= 0.3 is 0 Å². The van der Waals surface area contributed by atoms with Crippen molar-refractivity contribution in [3.8, 4) is 11.5 Å². The smallest absolute Gasteiger partial charge is 0.185 e. The van der Waals surface area contributed by atoms with Crippen LogP contribution in [0.5, 0.6) is 11.5 Å². The van der Waals surface area contributed by atoms with Gasteiger partial charge < -0.3 is 20.1 Å². The molecule has 106 valence electrons. The molecule has 0 saturated heterocycles. The summed E-state index contributed by atoms with van der Waals surface area (Å²) in [4.78, 5) is 10.8. The lowest BCUT2D eigenvalue weighted by atomic mass is 10.0. The average molecular weight is 351 g/mol. The summed E-state index contributed by atoms with van der Waals surface area (Å²) < 4.78 is 5.18. The Morgan fingerprint density at radius 3 is 2.63 bits per heavy atom. The first-order chi connectivity index (χ1) is 8.88. The fraction of sp³-hybridized carbons (Fsp3) is 0.417. The van der Waals surface area contributed by atoms with Gasteiger partial charge in [0.15, 0.2) is 16.6 Å². The molecule has 0 amide bonds. The molecule has 0 heterocycles. The van der Waals surface area contributed by atoms with Crippen LogP contribution in [-0.2, 0) is 4.79 Å². The molecule has 0 fully saturated rings. The van der Waals surface area contributed by atoms with Gasteiger partial charge in [0, 0.05) is 18.2 Å². The molecule has 0 aliphatic heterocycles. The molecule has 0 aliphatic rings. The molecule has 0 aromatic heterocycles. The minimum absolute atomic E-state index is 0.0791. The Morgan fingerprint density at radius 1 is 1.47 bits per heavy atom. The number of aliphatic hydroxyl groups excluding tert-OH is 2. The number of carbonyl (C=O) groups excluding carboxylic acids is 1. The van der Waals surface area contributed by atoms with Crippen LogP contribution in [0.1, 0.15) is 18.6 Å². The van der Waals surface area contributed by atoms with Crippen LogP contribution in [0.15, 0.2) is 16.6 Å². The van der Waals surface area contributed by atoms with Crippen molar-refractivity contribution in [1.29, 1.82) is 0 Å². The molecule has 0 spiro atoms. The van der Waals surface area contributed by atoms with E-state index in [0.29, 0.717) is 5.56 Å². The van der Waals surface area contributed by atoms with Crippen molar-refractivity contribution >= 4 is 32.8 Å². The number of phenolic OH excluding ortho intramolecular Hbond substituents is 1. The van der Waals surface area contributed by atoms with E-state index in [1.807, 2.05) is 0 Å².